The highest BCUT2D eigenvalue weighted by Crippen LogP contribution is 2.40. The van der Waals surface area contributed by atoms with E-state index in [1.165, 1.54) is 0 Å². The Bertz CT molecular complexity index is 305. The largest absolute Gasteiger partial charge is 0.504 e. The second-order valence-electron chi connectivity index (χ2n) is 2.05. The number of Topliss-reactive ketones (excluding diaryl/α,β-unsaturated/α-hetero) is 1. The van der Waals surface area contributed by atoms with Crippen molar-refractivity contribution in [2.45, 2.75) is 4.83 Å². The maximum Gasteiger partial charge on any atom is 0.216 e. The van der Waals surface area contributed by atoms with Crippen LogP contribution in [0.25, 0.3) is 0 Å². The van der Waals surface area contributed by atoms with E-state index in [-0.39, 0.29) is 11.5 Å². The lowest BCUT2D eigenvalue weighted by Gasteiger charge is -2.16. The molecule has 2 nitrogen and oxygen atoms in total. The molecule has 0 spiro atoms. The van der Waals surface area contributed by atoms with Gasteiger partial charge in [0, 0.05) is 8.96 Å². The Hall–Kier alpha value is 0.870. The highest BCUT2D eigenvalue weighted by molar-refractivity contribution is 9.17. The van der Waals surface area contributed by atoms with Gasteiger partial charge in [-0.3, -0.25) is 4.79 Å². The molecule has 0 heterocycles. The molecule has 66 valence electrons. The number of hydrogen-bond donors (Lipinski definition) is 1. The molecule has 0 fully saturated rings. The van der Waals surface area contributed by atoms with E-state index in [4.69, 9.17) is 0 Å². The molecule has 0 radical (unpaired) electrons. The van der Waals surface area contributed by atoms with Gasteiger partial charge in [-0.05, 0) is 31.9 Å². The number of alkyl halides is 1. The third-order valence-corrected chi connectivity index (χ3v) is 6.30. The second-order valence-corrected chi connectivity index (χ2v) is 5.41. The molecule has 0 amide bonds. The van der Waals surface area contributed by atoms with Gasteiger partial charge in [-0.25, -0.2) is 0 Å². The number of allylic oxidation sites excluding steroid dienone is 4. The lowest BCUT2D eigenvalue weighted by atomic mass is 10.1. The van der Waals surface area contributed by atoms with Crippen LogP contribution >= 0.6 is 63.7 Å². The van der Waals surface area contributed by atoms with Crippen LogP contribution in [0.1, 0.15) is 0 Å². The molecule has 12 heavy (non-hydrogen) atoms. The summed E-state index contributed by atoms with van der Waals surface area (Å²) in [6, 6.07) is 0. The van der Waals surface area contributed by atoms with E-state index in [1.54, 1.807) is 0 Å². The number of carbonyl (C=O) groups is 1. The Morgan fingerprint density at radius 3 is 2.17 bits per heavy atom. The number of aliphatic hydroxyl groups excluding tert-OH is 1. The van der Waals surface area contributed by atoms with Gasteiger partial charge >= 0.3 is 0 Å². The molecule has 1 atom stereocenters. The maximum absolute atomic E-state index is 11.2. The zero-order valence-corrected chi connectivity index (χ0v) is 11.8. The van der Waals surface area contributed by atoms with E-state index in [1.807, 2.05) is 0 Å². The Kier molecular flexibility index (Phi) is 3.59. The van der Waals surface area contributed by atoms with Gasteiger partial charge in [0.15, 0.2) is 5.76 Å². The van der Waals surface area contributed by atoms with Crippen LogP contribution < -0.4 is 0 Å². The van der Waals surface area contributed by atoms with E-state index in [9.17, 15) is 9.90 Å². The van der Waals surface area contributed by atoms with Crippen molar-refractivity contribution in [2.24, 2.45) is 0 Å². The van der Waals surface area contributed by atoms with Gasteiger partial charge in [0.1, 0.15) is 4.83 Å². The first-order valence-corrected chi connectivity index (χ1v) is 6.08. The fourth-order valence-electron chi connectivity index (χ4n) is 0.663. The summed E-state index contributed by atoms with van der Waals surface area (Å²) >= 11 is 12.6. The van der Waals surface area contributed by atoms with Crippen molar-refractivity contribution in [3.63, 3.8) is 0 Å². The third-order valence-electron chi connectivity index (χ3n) is 1.30. The average molecular weight is 426 g/mol. The third kappa shape index (κ3) is 1.71. The lowest BCUT2D eigenvalue weighted by molar-refractivity contribution is -0.116. The molecule has 0 aromatic heterocycles. The molecule has 1 N–H and O–H groups in total. The molecule has 0 aromatic rings. The molecule has 0 aliphatic heterocycles. The molecule has 0 saturated carbocycles. The highest BCUT2D eigenvalue weighted by Gasteiger charge is 2.31. The van der Waals surface area contributed by atoms with Gasteiger partial charge < -0.3 is 5.11 Å². The summed E-state index contributed by atoms with van der Waals surface area (Å²) in [7, 11) is 0. The quantitative estimate of drug-likeness (QED) is 0.603. The summed E-state index contributed by atoms with van der Waals surface area (Å²) in [5, 5.41) is 9.27. The molecule has 0 aromatic carbocycles. The smallest absolute Gasteiger partial charge is 0.216 e. The maximum atomic E-state index is 11.2. The minimum absolute atomic E-state index is 0.271. The van der Waals surface area contributed by atoms with Gasteiger partial charge in [0.2, 0.25) is 5.78 Å². The zero-order chi connectivity index (χ0) is 9.46. The van der Waals surface area contributed by atoms with Crippen LogP contribution in [-0.4, -0.2) is 15.7 Å². The first-order chi connectivity index (χ1) is 5.46. The average Bonchev–Trinajstić information content (AvgIpc) is 2.08. The van der Waals surface area contributed by atoms with Crippen molar-refractivity contribution < 1.29 is 9.90 Å². The molecule has 6 heteroatoms. The molecular formula is C6H2Br4O2. The predicted molar refractivity (Wildman–Crippen MR) is 61.2 cm³/mol. The fraction of sp³-hybridized carbons (Fsp3) is 0.167. The fourth-order valence-corrected chi connectivity index (χ4v) is 2.91. The molecule has 1 aliphatic rings. The standard InChI is InChI=1S/C6H2Br4O2/c7-1-2(8)4(10)6(12)5(11)3(1)9/h3,12H. The Balaban J connectivity index is 3.27. The van der Waals surface area contributed by atoms with Crippen LogP contribution in [0.15, 0.2) is 19.2 Å². The van der Waals surface area contributed by atoms with E-state index in [0.717, 1.165) is 0 Å². The molecular weight excluding hydrogens is 424 g/mol. The van der Waals surface area contributed by atoms with Gasteiger partial charge in [0.25, 0.3) is 0 Å². The van der Waals surface area contributed by atoms with Gasteiger partial charge in [-0.15, -0.1) is 0 Å². The summed E-state index contributed by atoms with van der Waals surface area (Å²) in [6.07, 6.45) is 0. The number of rotatable bonds is 0. The lowest BCUT2D eigenvalue weighted by Crippen LogP contribution is -2.21. The highest BCUT2D eigenvalue weighted by atomic mass is 79.9. The molecule has 0 bridgehead atoms. The Morgan fingerprint density at radius 1 is 1.17 bits per heavy atom. The SMILES string of the molecule is O=C1C(O)=C(Br)C(Br)=C(Br)C1Br. The number of ketones is 1. The summed E-state index contributed by atoms with van der Waals surface area (Å²) in [4.78, 5) is 10.7. The van der Waals surface area contributed by atoms with Gasteiger partial charge in [0.05, 0.1) is 4.48 Å². The topological polar surface area (TPSA) is 37.3 Å². The van der Waals surface area contributed by atoms with Crippen LogP contribution in [0, 0.1) is 0 Å². The minimum Gasteiger partial charge on any atom is -0.504 e. The van der Waals surface area contributed by atoms with Crippen molar-refractivity contribution in [3.8, 4) is 0 Å². The predicted octanol–water partition coefficient (Wildman–Crippen LogP) is 3.50. The van der Waals surface area contributed by atoms with E-state index < -0.39 is 4.83 Å². The molecule has 1 unspecified atom stereocenters. The molecule has 0 saturated heterocycles. The molecule has 1 rings (SSSR count). The zero-order valence-electron chi connectivity index (χ0n) is 5.44. The number of halogens is 4. The van der Waals surface area contributed by atoms with Crippen LogP contribution in [0.5, 0.6) is 0 Å². The second kappa shape index (κ2) is 3.94. The van der Waals surface area contributed by atoms with Crippen molar-refractivity contribution >= 4 is 69.5 Å². The monoisotopic (exact) mass is 422 g/mol. The number of hydrogen-bond acceptors (Lipinski definition) is 2. The van der Waals surface area contributed by atoms with E-state index >= 15 is 0 Å². The van der Waals surface area contributed by atoms with Crippen molar-refractivity contribution in [1.29, 1.82) is 0 Å². The van der Waals surface area contributed by atoms with Crippen LogP contribution in [0.2, 0.25) is 0 Å². The van der Waals surface area contributed by atoms with Crippen LogP contribution in [0.3, 0.4) is 0 Å². The number of aliphatic hydroxyl groups is 1. The van der Waals surface area contributed by atoms with Crippen molar-refractivity contribution in [1.82, 2.24) is 0 Å². The Morgan fingerprint density at radius 2 is 1.67 bits per heavy atom. The van der Waals surface area contributed by atoms with Crippen LogP contribution in [0.4, 0.5) is 0 Å². The summed E-state index contributed by atoms with van der Waals surface area (Å²) < 4.78 is 1.67. The normalized spacial score (nSPS) is 25.3. The van der Waals surface area contributed by atoms with Crippen molar-refractivity contribution in [2.75, 3.05) is 0 Å². The first-order valence-electron chi connectivity index (χ1n) is 2.79. The summed E-state index contributed by atoms with van der Waals surface area (Å²) in [5.74, 6) is -0.635. The molecule has 1 aliphatic carbocycles. The van der Waals surface area contributed by atoms with Crippen molar-refractivity contribution in [3.05, 3.63) is 19.2 Å². The number of carbonyl (C=O) groups excluding carboxylic acids is 1. The van der Waals surface area contributed by atoms with Crippen LogP contribution in [-0.2, 0) is 4.79 Å². The minimum atomic E-state index is -0.506. The first kappa shape index (κ1) is 10.9. The summed E-state index contributed by atoms with van der Waals surface area (Å²) in [5.41, 5.74) is 0. The van der Waals surface area contributed by atoms with Gasteiger partial charge in [-0.1, -0.05) is 31.9 Å². The summed E-state index contributed by atoms with van der Waals surface area (Å²) in [6.45, 7) is 0. The van der Waals surface area contributed by atoms with E-state index in [2.05, 4.69) is 63.7 Å². The van der Waals surface area contributed by atoms with Gasteiger partial charge in [-0.2, -0.15) is 0 Å². The van der Waals surface area contributed by atoms with E-state index in [0.29, 0.717) is 13.4 Å². The Labute approximate surface area is 103 Å².